The fraction of sp³-hybridized carbons (Fsp3) is 0.222. The number of thiazole rings is 1. The summed E-state index contributed by atoms with van der Waals surface area (Å²) in [6, 6.07) is 5.84. The molecule has 0 aliphatic rings. The first-order chi connectivity index (χ1) is 6.40. The molecule has 0 bridgehead atoms. The van der Waals surface area contributed by atoms with Gasteiger partial charge in [0, 0.05) is 12.2 Å². The third-order valence-electron chi connectivity index (χ3n) is 1.75. The highest BCUT2D eigenvalue weighted by atomic mass is 32.1. The minimum Gasteiger partial charge on any atom is -0.382 e. The van der Waals surface area contributed by atoms with Crippen LogP contribution >= 0.6 is 11.3 Å². The second-order valence-corrected chi connectivity index (χ2v) is 3.54. The summed E-state index contributed by atoms with van der Waals surface area (Å²) in [6.45, 7) is 0.0189. The molecule has 2 aromatic rings. The van der Waals surface area contributed by atoms with Crippen molar-refractivity contribution in [3.63, 3.8) is 0 Å². The topological polar surface area (TPSA) is 24.9 Å². The van der Waals surface area contributed by atoms with Gasteiger partial charge in [-0.3, -0.25) is 0 Å². The highest BCUT2D eigenvalue weighted by Gasteiger charge is 1.97. The van der Waals surface area contributed by atoms with Crippen LogP contribution < -0.4 is 5.32 Å². The molecule has 68 valence electrons. The van der Waals surface area contributed by atoms with Crippen LogP contribution in [0.15, 0.2) is 23.7 Å². The molecule has 0 saturated carbocycles. The molecule has 0 aliphatic carbocycles. The van der Waals surface area contributed by atoms with Crippen LogP contribution in [0.3, 0.4) is 0 Å². The maximum Gasteiger partial charge on any atom is 0.107 e. The molecular formula is C9H9FN2S. The molecule has 2 nitrogen and oxygen atoms in total. The normalized spacial score (nSPS) is 10.5. The number of nitrogens with zero attached hydrogens (tertiary/aromatic N) is 1. The van der Waals surface area contributed by atoms with E-state index < -0.39 is 0 Å². The maximum atomic E-state index is 11.9. The summed E-state index contributed by atoms with van der Waals surface area (Å²) in [4.78, 5) is 4.16. The Hall–Kier alpha value is -1.16. The van der Waals surface area contributed by atoms with E-state index in [-0.39, 0.29) is 6.67 Å². The van der Waals surface area contributed by atoms with Crippen molar-refractivity contribution in [3.8, 4) is 0 Å². The van der Waals surface area contributed by atoms with E-state index in [0.717, 1.165) is 15.9 Å². The van der Waals surface area contributed by atoms with Gasteiger partial charge in [0.05, 0.1) is 15.7 Å². The van der Waals surface area contributed by atoms with Crippen LogP contribution in [-0.2, 0) is 0 Å². The molecule has 1 N–H and O–H groups in total. The molecule has 0 aliphatic heterocycles. The molecular weight excluding hydrogens is 187 g/mol. The molecule has 1 heterocycles. The number of fused-ring (bicyclic) bond motifs is 1. The van der Waals surface area contributed by atoms with Crippen LogP contribution in [0.2, 0.25) is 0 Å². The zero-order chi connectivity index (χ0) is 9.10. The summed E-state index contributed by atoms with van der Waals surface area (Å²) in [5.41, 5.74) is 3.76. The van der Waals surface area contributed by atoms with E-state index in [2.05, 4.69) is 10.3 Å². The van der Waals surface area contributed by atoms with Gasteiger partial charge < -0.3 is 5.32 Å². The lowest BCUT2D eigenvalue weighted by Crippen LogP contribution is -2.02. The van der Waals surface area contributed by atoms with E-state index in [9.17, 15) is 4.39 Å². The number of nitrogens with one attached hydrogen (secondary N) is 1. The summed E-state index contributed by atoms with van der Waals surface area (Å²) in [5, 5.41) is 2.98. The van der Waals surface area contributed by atoms with E-state index in [4.69, 9.17) is 0 Å². The van der Waals surface area contributed by atoms with Crippen LogP contribution in [0.5, 0.6) is 0 Å². The standard InChI is InChI=1S/C9H9FN2S/c10-3-4-11-7-1-2-8-9(5-7)13-6-12-8/h1-2,5-6,11H,3-4H2. The van der Waals surface area contributed by atoms with Gasteiger partial charge in [-0.1, -0.05) is 0 Å². The van der Waals surface area contributed by atoms with Crippen LogP contribution in [0, 0.1) is 0 Å². The minimum absolute atomic E-state index is 0.347. The van der Waals surface area contributed by atoms with Gasteiger partial charge in [-0.15, -0.1) is 11.3 Å². The average molecular weight is 196 g/mol. The zero-order valence-electron chi connectivity index (χ0n) is 6.96. The largest absolute Gasteiger partial charge is 0.382 e. The molecule has 0 atom stereocenters. The van der Waals surface area contributed by atoms with E-state index in [0.29, 0.717) is 6.54 Å². The smallest absolute Gasteiger partial charge is 0.107 e. The van der Waals surface area contributed by atoms with Crippen LogP contribution in [0.1, 0.15) is 0 Å². The van der Waals surface area contributed by atoms with Gasteiger partial charge in [-0.2, -0.15) is 0 Å². The van der Waals surface area contributed by atoms with E-state index in [1.807, 2.05) is 23.7 Å². The van der Waals surface area contributed by atoms with Gasteiger partial charge >= 0.3 is 0 Å². The predicted molar refractivity (Wildman–Crippen MR) is 54.1 cm³/mol. The lowest BCUT2D eigenvalue weighted by atomic mass is 10.3. The summed E-state index contributed by atoms with van der Waals surface area (Å²) in [7, 11) is 0. The lowest BCUT2D eigenvalue weighted by molar-refractivity contribution is 0.513. The molecule has 0 saturated heterocycles. The van der Waals surface area contributed by atoms with Crippen molar-refractivity contribution >= 4 is 27.2 Å². The van der Waals surface area contributed by atoms with Gasteiger partial charge in [0.25, 0.3) is 0 Å². The Morgan fingerprint density at radius 3 is 3.23 bits per heavy atom. The maximum absolute atomic E-state index is 11.9. The van der Waals surface area contributed by atoms with Crippen molar-refractivity contribution in [2.24, 2.45) is 0 Å². The third kappa shape index (κ3) is 1.78. The van der Waals surface area contributed by atoms with E-state index in [1.165, 1.54) is 0 Å². The predicted octanol–water partition coefficient (Wildman–Crippen LogP) is 2.68. The van der Waals surface area contributed by atoms with Gasteiger partial charge in [-0.05, 0) is 18.2 Å². The number of hydrogen-bond donors (Lipinski definition) is 1. The van der Waals surface area contributed by atoms with Crippen molar-refractivity contribution in [2.75, 3.05) is 18.5 Å². The monoisotopic (exact) mass is 196 g/mol. The Labute approximate surface area is 79.4 Å². The molecule has 0 spiro atoms. The summed E-state index contributed by atoms with van der Waals surface area (Å²) in [5.74, 6) is 0. The van der Waals surface area contributed by atoms with Crippen LogP contribution in [0.25, 0.3) is 10.2 Å². The van der Waals surface area contributed by atoms with Crippen molar-refractivity contribution in [1.82, 2.24) is 4.98 Å². The molecule has 1 aromatic heterocycles. The van der Waals surface area contributed by atoms with Gasteiger partial charge in [0.15, 0.2) is 0 Å². The molecule has 13 heavy (non-hydrogen) atoms. The lowest BCUT2D eigenvalue weighted by Gasteiger charge is -2.02. The van der Waals surface area contributed by atoms with Crippen molar-refractivity contribution in [1.29, 1.82) is 0 Å². The van der Waals surface area contributed by atoms with E-state index in [1.54, 1.807) is 11.3 Å². The fourth-order valence-corrected chi connectivity index (χ4v) is 1.87. The molecule has 2 rings (SSSR count). The highest BCUT2D eigenvalue weighted by Crippen LogP contribution is 2.21. The number of alkyl halides is 1. The SMILES string of the molecule is FCCNc1ccc2ncsc2c1. The molecule has 0 radical (unpaired) electrons. The summed E-state index contributed by atoms with van der Waals surface area (Å²) < 4.78 is 13.0. The first-order valence-electron chi connectivity index (χ1n) is 4.03. The number of halogens is 1. The van der Waals surface area contributed by atoms with Gasteiger partial charge in [-0.25, -0.2) is 9.37 Å². The molecule has 1 aromatic carbocycles. The number of rotatable bonds is 3. The molecule has 0 amide bonds. The van der Waals surface area contributed by atoms with Crippen molar-refractivity contribution in [3.05, 3.63) is 23.7 Å². The quantitative estimate of drug-likeness (QED) is 0.816. The fourth-order valence-electron chi connectivity index (χ4n) is 1.16. The van der Waals surface area contributed by atoms with Crippen molar-refractivity contribution in [2.45, 2.75) is 0 Å². The molecule has 0 fully saturated rings. The molecule has 4 heteroatoms. The zero-order valence-corrected chi connectivity index (χ0v) is 7.77. The summed E-state index contributed by atoms with van der Waals surface area (Å²) >= 11 is 1.59. The third-order valence-corrected chi connectivity index (χ3v) is 2.55. The second kappa shape index (κ2) is 3.70. The highest BCUT2D eigenvalue weighted by molar-refractivity contribution is 7.16. The van der Waals surface area contributed by atoms with Crippen LogP contribution in [0.4, 0.5) is 10.1 Å². The Morgan fingerprint density at radius 1 is 1.46 bits per heavy atom. The second-order valence-electron chi connectivity index (χ2n) is 2.65. The molecule has 0 unspecified atom stereocenters. The first-order valence-corrected chi connectivity index (χ1v) is 4.91. The summed E-state index contributed by atoms with van der Waals surface area (Å²) in [6.07, 6.45) is 0. The number of anilines is 1. The Morgan fingerprint density at radius 2 is 2.38 bits per heavy atom. The van der Waals surface area contributed by atoms with Gasteiger partial charge in [0.1, 0.15) is 6.67 Å². The Kier molecular flexibility index (Phi) is 2.40. The van der Waals surface area contributed by atoms with Crippen LogP contribution in [-0.4, -0.2) is 18.2 Å². The van der Waals surface area contributed by atoms with Gasteiger partial charge in [0.2, 0.25) is 0 Å². The number of benzene rings is 1. The number of hydrogen-bond acceptors (Lipinski definition) is 3. The minimum atomic E-state index is -0.347. The Bertz CT molecular complexity index is 399. The van der Waals surface area contributed by atoms with E-state index >= 15 is 0 Å². The number of aromatic nitrogens is 1. The first kappa shape index (κ1) is 8.44. The van der Waals surface area contributed by atoms with Crippen molar-refractivity contribution < 1.29 is 4.39 Å². The Balaban J connectivity index is 2.26. The average Bonchev–Trinajstić information content (AvgIpc) is 2.61.